The van der Waals surface area contributed by atoms with E-state index in [1.165, 1.54) is 18.6 Å². The minimum atomic E-state index is -3.13. The molecule has 1 saturated heterocycles. The Morgan fingerprint density at radius 2 is 2.00 bits per heavy atom. The van der Waals surface area contributed by atoms with Crippen molar-refractivity contribution in [1.82, 2.24) is 20.2 Å². The van der Waals surface area contributed by atoms with E-state index in [1.807, 2.05) is 0 Å². The Morgan fingerprint density at radius 3 is 2.54 bits per heavy atom. The zero-order valence-corrected chi connectivity index (χ0v) is 15.7. The van der Waals surface area contributed by atoms with E-state index >= 15 is 0 Å². The number of rotatable bonds is 5. The summed E-state index contributed by atoms with van der Waals surface area (Å²) < 4.78 is 22.4. The topological polar surface area (TPSA) is 109 Å². The Kier molecular flexibility index (Phi) is 5.27. The van der Waals surface area contributed by atoms with Gasteiger partial charge < -0.3 is 10.2 Å². The van der Waals surface area contributed by atoms with Gasteiger partial charge in [0.15, 0.2) is 0 Å². The second-order valence-corrected chi connectivity index (χ2v) is 9.54. The number of amides is 2. The smallest absolute Gasteiger partial charge is 0.271 e. The predicted molar refractivity (Wildman–Crippen MR) is 95.1 cm³/mol. The quantitative estimate of drug-likeness (QED) is 0.792. The first-order valence-electron chi connectivity index (χ1n) is 8.81. The molecule has 1 aliphatic heterocycles. The maximum atomic E-state index is 12.3. The fraction of sp³-hybridized carbons (Fsp3) is 0.647. The molecule has 2 aliphatic rings. The Hall–Kier alpha value is -2.03. The average Bonchev–Trinajstić information content (AvgIpc) is 2.63. The largest absolute Gasteiger partial charge is 0.347 e. The van der Waals surface area contributed by atoms with Crippen molar-refractivity contribution in [3.63, 3.8) is 0 Å². The molecule has 1 spiro atoms. The summed E-state index contributed by atoms with van der Waals surface area (Å²) in [6, 6.07) is 0.0882. The number of sulfone groups is 1. The number of likely N-dealkylation sites (tertiary alicyclic amines) is 1. The first kappa shape index (κ1) is 18.8. The van der Waals surface area contributed by atoms with Crippen LogP contribution in [0.1, 0.15) is 42.6 Å². The molecule has 1 saturated carbocycles. The fourth-order valence-electron chi connectivity index (χ4n) is 3.80. The lowest BCUT2D eigenvalue weighted by molar-refractivity contribution is -0.134. The highest BCUT2D eigenvalue weighted by Gasteiger charge is 2.49. The van der Waals surface area contributed by atoms with Crippen LogP contribution in [0.3, 0.4) is 0 Å². The summed E-state index contributed by atoms with van der Waals surface area (Å²) in [5.41, 5.74) is 0.341. The minimum Gasteiger partial charge on any atom is -0.347 e. The van der Waals surface area contributed by atoms with Crippen LogP contribution in [-0.4, -0.2) is 66.2 Å². The first-order valence-corrected chi connectivity index (χ1v) is 10.9. The molecule has 1 aromatic rings. The lowest BCUT2D eigenvalue weighted by atomic mass is 9.59. The maximum Gasteiger partial charge on any atom is 0.271 e. The Morgan fingerprint density at radius 1 is 1.27 bits per heavy atom. The van der Waals surface area contributed by atoms with E-state index in [-0.39, 0.29) is 35.4 Å². The van der Waals surface area contributed by atoms with Gasteiger partial charge in [0.05, 0.1) is 11.9 Å². The molecule has 1 N–H and O–H groups in total. The number of carbonyl (C=O) groups is 2. The Balaban J connectivity index is 1.52. The number of nitrogens with one attached hydrogen (secondary N) is 1. The Bertz CT molecular complexity index is 773. The lowest BCUT2D eigenvalue weighted by Gasteiger charge is -2.54. The third-order valence-electron chi connectivity index (χ3n) is 5.57. The average molecular weight is 380 g/mol. The molecule has 1 aliphatic carbocycles. The van der Waals surface area contributed by atoms with Gasteiger partial charge >= 0.3 is 0 Å². The van der Waals surface area contributed by atoms with E-state index in [0.29, 0.717) is 18.8 Å². The maximum absolute atomic E-state index is 12.3. The summed E-state index contributed by atoms with van der Waals surface area (Å²) in [4.78, 5) is 34.2. The molecule has 0 radical (unpaired) electrons. The van der Waals surface area contributed by atoms with Crippen molar-refractivity contribution in [2.75, 3.05) is 25.1 Å². The van der Waals surface area contributed by atoms with Gasteiger partial charge in [-0.05, 0) is 31.1 Å². The van der Waals surface area contributed by atoms with Gasteiger partial charge in [-0.3, -0.25) is 14.6 Å². The van der Waals surface area contributed by atoms with Gasteiger partial charge in [0.1, 0.15) is 15.5 Å². The van der Waals surface area contributed by atoms with E-state index in [1.54, 1.807) is 4.90 Å². The minimum absolute atomic E-state index is 0.0332. The van der Waals surface area contributed by atoms with Gasteiger partial charge in [-0.2, -0.15) is 0 Å². The van der Waals surface area contributed by atoms with Gasteiger partial charge in [-0.15, -0.1) is 0 Å². The van der Waals surface area contributed by atoms with Crippen LogP contribution in [0.5, 0.6) is 0 Å². The summed E-state index contributed by atoms with van der Waals surface area (Å²) in [5.74, 6) is -0.428. The van der Waals surface area contributed by atoms with Gasteiger partial charge in [0.25, 0.3) is 5.91 Å². The molecular weight excluding hydrogens is 356 g/mol. The Labute approximate surface area is 153 Å². The number of nitrogens with zero attached hydrogens (tertiary/aromatic N) is 3. The second-order valence-electron chi connectivity index (χ2n) is 7.28. The van der Waals surface area contributed by atoms with Crippen molar-refractivity contribution >= 4 is 21.7 Å². The predicted octanol–water partition coefficient (Wildman–Crippen LogP) is 0.412. The molecule has 26 heavy (non-hydrogen) atoms. The summed E-state index contributed by atoms with van der Waals surface area (Å²) in [7, 11) is -3.13. The molecule has 1 unspecified atom stereocenters. The van der Waals surface area contributed by atoms with Crippen LogP contribution in [0.4, 0.5) is 0 Å². The lowest BCUT2D eigenvalue weighted by Crippen LogP contribution is -2.59. The fourth-order valence-corrected chi connectivity index (χ4v) is 4.35. The molecule has 2 heterocycles. The summed E-state index contributed by atoms with van der Waals surface area (Å²) in [6.45, 7) is 1.22. The normalized spacial score (nSPS) is 21.9. The van der Waals surface area contributed by atoms with E-state index in [9.17, 15) is 18.0 Å². The number of hydrogen-bond acceptors (Lipinski definition) is 6. The zero-order chi connectivity index (χ0) is 18.8. The van der Waals surface area contributed by atoms with Crippen molar-refractivity contribution in [3.8, 4) is 0 Å². The van der Waals surface area contributed by atoms with Crippen LogP contribution >= 0.6 is 0 Å². The molecule has 0 bridgehead atoms. The van der Waals surface area contributed by atoms with Crippen LogP contribution in [0, 0.1) is 5.41 Å². The second kappa shape index (κ2) is 7.30. The monoisotopic (exact) mass is 380 g/mol. The van der Waals surface area contributed by atoms with Crippen LogP contribution in [-0.2, 0) is 14.6 Å². The van der Waals surface area contributed by atoms with Crippen molar-refractivity contribution in [3.05, 3.63) is 24.3 Å². The third-order valence-corrected chi connectivity index (χ3v) is 6.52. The molecule has 2 amide bonds. The molecule has 8 nitrogen and oxygen atoms in total. The zero-order valence-electron chi connectivity index (χ0n) is 14.8. The van der Waals surface area contributed by atoms with E-state index in [4.69, 9.17) is 0 Å². The number of aromatic nitrogens is 2. The van der Waals surface area contributed by atoms with Gasteiger partial charge in [0, 0.05) is 44.2 Å². The van der Waals surface area contributed by atoms with E-state index < -0.39 is 9.84 Å². The summed E-state index contributed by atoms with van der Waals surface area (Å²) in [6.07, 6.45) is 9.25. The van der Waals surface area contributed by atoms with Gasteiger partial charge in [-0.25, -0.2) is 13.4 Å². The highest BCUT2D eigenvalue weighted by Crippen LogP contribution is 2.49. The van der Waals surface area contributed by atoms with Crippen molar-refractivity contribution < 1.29 is 18.0 Å². The number of hydrogen-bond donors (Lipinski definition) is 1. The van der Waals surface area contributed by atoms with Crippen molar-refractivity contribution in [2.24, 2.45) is 5.41 Å². The summed E-state index contributed by atoms with van der Waals surface area (Å²) >= 11 is 0. The number of piperidine rings is 1. The highest BCUT2D eigenvalue weighted by atomic mass is 32.2. The van der Waals surface area contributed by atoms with Crippen LogP contribution in [0.2, 0.25) is 0 Å². The van der Waals surface area contributed by atoms with E-state index in [2.05, 4.69) is 15.3 Å². The molecule has 1 aromatic heterocycles. The summed E-state index contributed by atoms with van der Waals surface area (Å²) in [5, 5.41) is 3.06. The van der Waals surface area contributed by atoms with Crippen LogP contribution in [0.15, 0.2) is 18.6 Å². The van der Waals surface area contributed by atoms with Crippen LogP contribution in [0.25, 0.3) is 0 Å². The molecule has 9 heteroatoms. The SMILES string of the molecule is CS(=O)(=O)CCC(=O)N1CCC2(CCC2NC(=O)c2cnccn2)CC1. The van der Waals surface area contributed by atoms with E-state index in [0.717, 1.165) is 31.9 Å². The third kappa shape index (κ3) is 4.20. The van der Waals surface area contributed by atoms with Crippen molar-refractivity contribution in [2.45, 2.75) is 38.1 Å². The highest BCUT2D eigenvalue weighted by molar-refractivity contribution is 7.90. The molecule has 2 fully saturated rings. The molecule has 3 rings (SSSR count). The van der Waals surface area contributed by atoms with Crippen LogP contribution < -0.4 is 5.32 Å². The van der Waals surface area contributed by atoms with Gasteiger partial charge in [0.2, 0.25) is 5.91 Å². The number of carbonyl (C=O) groups excluding carboxylic acids is 2. The van der Waals surface area contributed by atoms with Crippen molar-refractivity contribution in [1.29, 1.82) is 0 Å². The molecule has 1 atom stereocenters. The van der Waals surface area contributed by atoms with Gasteiger partial charge in [-0.1, -0.05) is 0 Å². The molecule has 142 valence electrons. The standard InChI is InChI=1S/C17H24N4O4S/c1-26(24,25)11-3-15(22)21-9-5-17(6-10-21)4-2-14(17)20-16(23)13-12-18-7-8-19-13/h7-8,12,14H,2-6,9-11H2,1H3,(H,20,23). The molecular formula is C17H24N4O4S. The molecule has 0 aromatic carbocycles. The first-order chi connectivity index (χ1) is 12.3.